The lowest BCUT2D eigenvalue weighted by Gasteiger charge is -2.05. The van der Waals surface area contributed by atoms with Crippen molar-refractivity contribution in [2.75, 3.05) is 0 Å². The highest BCUT2D eigenvalue weighted by Crippen LogP contribution is 2.25. The van der Waals surface area contributed by atoms with E-state index in [9.17, 15) is 0 Å². The Morgan fingerprint density at radius 3 is 2.81 bits per heavy atom. The molecule has 0 atom stereocenters. The normalized spacial score (nSPS) is 11.0. The van der Waals surface area contributed by atoms with Crippen LogP contribution in [0.5, 0.6) is 0 Å². The first-order chi connectivity index (χ1) is 7.65. The minimum Gasteiger partial charge on any atom is -0.339 e. The van der Waals surface area contributed by atoms with Crippen molar-refractivity contribution >= 4 is 23.4 Å². The molecule has 0 saturated heterocycles. The molecule has 0 aliphatic heterocycles. The Balaban J connectivity index is 2.27. The summed E-state index contributed by atoms with van der Waals surface area (Å²) in [5.74, 6) is 1.01. The number of aromatic amines is 1. The zero-order chi connectivity index (χ0) is 11.5. The quantitative estimate of drug-likeness (QED) is 0.855. The number of nitrogens with zero attached hydrogens (tertiary/aromatic N) is 3. The highest BCUT2D eigenvalue weighted by atomic mass is 35.5. The van der Waals surface area contributed by atoms with Gasteiger partial charge in [-0.1, -0.05) is 25.4 Å². The lowest BCUT2D eigenvalue weighted by molar-refractivity contribution is 0.753. The minimum atomic E-state index is 0.259. The molecule has 84 valence electrons. The Labute approximate surface area is 103 Å². The molecule has 2 heterocycles. The van der Waals surface area contributed by atoms with Crippen molar-refractivity contribution in [3.05, 3.63) is 29.4 Å². The standard InChI is InChI=1S/C10H11ClN4S/c1-6(2)9-14-7(11)5-8(15-9)16-10-12-3-4-13-10/h3-6H,1-2H3,(H,12,13). The lowest BCUT2D eigenvalue weighted by atomic mass is 10.2. The Bertz CT molecular complexity index is 470. The first-order valence-corrected chi connectivity index (χ1v) is 6.06. The molecular formula is C10H11ClN4S. The van der Waals surface area contributed by atoms with Crippen LogP contribution >= 0.6 is 23.4 Å². The number of hydrogen-bond acceptors (Lipinski definition) is 4. The Morgan fingerprint density at radius 2 is 2.19 bits per heavy atom. The summed E-state index contributed by atoms with van der Waals surface area (Å²) < 4.78 is 0. The van der Waals surface area contributed by atoms with Crippen LogP contribution in [0.2, 0.25) is 5.15 Å². The van der Waals surface area contributed by atoms with E-state index in [-0.39, 0.29) is 5.92 Å². The minimum absolute atomic E-state index is 0.259. The summed E-state index contributed by atoms with van der Waals surface area (Å²) in [6.45, 7) is 4.07. The number of halogens is 1. The second-order valence-electron chi connectivity index (χ2n) is 3.54. The number of nitrogens with one attached hydrogen (secondary N) is 1. The molecule has 0 radical (unpaired) electrons. The van der Waals surface area contributed by atoms with E-state index in [1.165, 1.54) is 11.8 Å². The van der Waals surface area contributed by atoms with Crippen molar-refractivity contribution in [2.45, 2.75) is 29.9 Å². The maximum Gasteiger partial charge on any atom is 0.171 e. The SMILES string of the molecule is CC(C)c1nc(Cl)cc(Sc2ncc[nH]2)n1. The van der Waals surface area contributed by atoms with Gasteiger partial charge in [0, 0.05) is 24.4 Å². The molecule has 2 aromatic rings. The van der Waals surface area contributed by atoms with Crippen molar-refractivity contribution in [3.8, 4) is 0 Å². The van der Waals surface area contributed by atoms with Crippen molar-refractivity contribution in [3.63, 3.8) is 0 Å². The third-order valence-corrected chi connectivity index (χ3v) is 2.91. The zero-order valence-corrected chi connectivity index (χ0v) is 10.5. The maximum atomic E-state index is 5.94. The zero-order valence-electron chi connectivity index (χ0n) is 8.94. The van der Waals surface area contributed by atoms with E-state index in [2.05, 4.69) is 19.9 Å². The van der Waals surface area contributed by atoms with Crippen LogP contribution in [-0.2, 0) is 0 Å². The van der Waals surface area contributed by atoms with E-state index < -0.39 is 0 Å². The maximum absolute atomic E-state index is 5.94. The van der Waals surface area contributed by atoms with Gasteiger partial charge in [-0.2, -0.15) is 0 Å². The van der Waals surface area contributed by atoms with Gasteiger partial charge in [0.2, 0.25) is 0 Å². The third kappa shape index (κ3) is 2.74. The monoisotopic (exact) mass is 254 g/mol. The Morgan fingerprint density at radius 1 is 1.38 bits per heavy atom. The summed E-state index contributed by atoms with van der Waals surface area (Å²) in [7, 11) is 0. The highest BCUT2D eigenvalue weighted by molar-refractivity contribution is 7.99. The average molecular weight is 255 g/mol. The van der Waals surface area contributed by atoms with Gasteiger partial charge >= 0.3 is 0 Å². The smallest absolute Gasteiger partial charge is 0.171 e. The van der Waals surface area contributed by atoms with Gasteiger partial charge in [0.1, 0.15) is 16.0 Å². The lowest BCUT2D eigenvalue weighted by Crippen LogP contribution is -1.98. The topological polar surface area (TPSA) is 54.5 Å². The van der Waals surface area contributed by atoms with Crippen LogP contribution in [0, 0.1) is 0 Å². The summed E-state index contributed by atoms with van der Waals surface area (Å²) in [5.41, 5.74) is 0. The van der Waals surface area contributed by atoms with Gasteiger partial charge in [0.25, 0.3) is 0 Å². The predicted octanol–water partition coefficient (Wildman–Crippen LogP) is 3.13. The van der Waals surface area contributed by atoms with Crippen molar-refractivity contribution < 1.29 is 0 Å². The van der Waals surface area contributed by atoms with Crippen LogP contribution < -0.4 is 0 Å². The van der Waals surface area contributed by atoms with Crippen LogP contribution in [0.25, 0.3) is 0 Å². The van der Waals surface area contributed by atoms with Gasteiger partial charge in [-0.05, 0) is 11.8 Å². The predicted molar refractivity (Wildman–Crippen MR) is 63.8 cm³/mol. The summed E-state index contributed by atoms with van der Waals surface area (Å²) in [6.07, 6.45) is 3.48. The summed E-state index contributed by atoms with van der Waals surface area (Å²) in [5, 5.41) is 2.07. The van der Waals surface area contributed by atoms with Crippen LogP contribution in [0.4, 0.5) is 0 Å². The summed E-state index contributed by atoms with van der Waals surface area (Å²) in [6, 6.07) is 1.74. The van der Waals surface area contributed by atoms with E-state index >= 15 is 0 Å². The van der Waals surface area contributed by atoms with Gasteiger partial charge in [0.15, 0.2) is 5.16 Å². The highest BCUT2D eigenvalue weighted by Gasteiger charge is 2.08. The largest absolute Gasteiger partial charge is 0.339 e. The second kappa shape index (κ2) is 4.84. The molecule has 0 spiro atoms. The molecule has 2 rings (SSSR count). The van der Waals surface area contributed by atoms with Crippen molar-refractivity contribution in [1.82, 2.24) is 19.9 Å². The molecule has 1 N–H and O–H groups in total. The van der Waals surface area contributed by atoms with Gasteiger partial charge in [-0.25, -0.2) is 15.0 Å². The van der Waals surface area contributed by atoms with Gasteiger partial charge in [0.05, 0.1) is 0 Å². The molecule has 2 aromatic heterocycles. The molecule has 4 nitrogen and oxygen atoms in total. The Hall–Kier alpha value is -1.07. The number of H-pyrrole nitrogens is 1. The molecule has 0 bridgehead atoms. The molecule has 0 aromatic carbocycles. The van der Waals surface area contributed by atoms with Gasteiger partial charge < -0.3 is 4.98 Å². The molecule has 0 saturated carbocycles. The van der Waals surface area contributed by atoms with E-state index in [1.54, 1.807) is 18.5 Å². The summed E-state index contributed by atoms with van der Waals surface area (Å²) >= 11 is 7.38. The fourth-order valence-electron chi connectivity index (χ4n) is 1.13. The molecule has 0 fully saturated rings. The fourth-order valence-corrected chi connectivity index (χ4v) is 2.13. The average Bonchev–Trinajstić information content (AvgIpc) is 2.69. The fraction of sp³-hybridized carbons (Fsp3) is 0.300. The van der Waals surface area contributed by atoms with Crippen LogP contribution in [0.15, 0.2) is 28.6 Å². The van der Waals surface area contributed by atoms with Crippen LogP contribution in [-0.4, -0.2) is 19.9 Å². The molecule has 0 unspecified atom stereocenters. The van der Waals surface area contributed by atoms with E-state index in [0.29, 0.717) is 5.15 Å². The van der Waals surface area contributed by atoms with Crippen molar-refractivity contribution in [2.24, 2.45) is 0 Å². The van der Waals surface area contributed by atoms with Crippen LogP contribution in [0.3, 0.4) is 0 Å². The molecule has 0 amide bonds. The summed E-state index contributed by atoms with van der Waals surface area (Å²) in [4.78, 5) is 15.7. The Kier molecular flexibility index (Phi) is 3.46. The number of imidazole rings is 1. The third-order valence-electron chi connectivity index (χ3n) is 1.88. The second-order valence-corrected chi connectivity index (χ2v) is 4.93. The van der Waals surface area contributed by atoms with E-state index in [4.69, 9.17) is 11.6 Å². The van der Waals surface area contributed by atoms with Crippen LogP contribution in [0.1, 0.15) is 25.6 Å². The van der Waals surface area contributed by atoms with Gasteiger partial charge in [-0.3, -0.25) is 0 Å². The molecule has 0 aliphatic rings. The number of hydrogen-bond donors (Lipinski definition) is 1. The van der Waals surface area contributed by atoms with E-state index in [1.807, 2.05) is 13.8 Å². The number of rotatable bonds is 3. The van der Waals surface area contributed by atoms with Crippen molar-refractivity contribution in [1.29, 1.82) is 0 Å². The van der Waals surface area contributed by atoms with Gasteiger partial charge in [-0.15, -0.1) is 0 Å². The first kappa shape index (κ1) is 11.4. The first-order valence-electron chi connectivity index (χ1n) is 4.87. The van der Waals surface area contributed by atoms with E-state index in [0.717, 1.165) is 16.0 Å². The number of aromatic nitrogens is 4. The molecular weight excluding hydrogens is 244 g/mol. The molecule has 16 heavy (non-hydrogen) atoms. The molecule has 0 aliphatic carbocycles. The molecule has 6 heteroatoms.